The van der Waals surface area contributed by atoms with Crippen LogP contribution in [0, 0.1) is 0 Å². The van der Waals surface area contributed by atoms with E-state index >= 15 is 0 Å². The van der Waals surface area contributed by atoms with E-state index in [1.54, 1.807) is 0 Å². The average Bonchev–Trinajstić information content (AvgIpc) is 2.17. The second-order valence-electron chi connectivity index (χ2n) is 2.92. The maximum Gasteiger partial charge on any atom is 0.122 e. The zero-order valence-corrected chi connectivity index (χ0v) is 6.32. The van der Waals surface area contributed by atoms with Gasteiger partial charge >= 0.3 is 0 Å². The van der Waals surface area contributed by atoms with Gasteiger partial charge in [-0.05, 0) is 0 Å². The monoisotopic (exact) mass is 132 g/mol. The van der Waals surface area contributed by atoms with Gasteiger partial charge in [-0.25, -0.2) is 0 Å². The highest BCUT2D eigenvalue weighted by atomic mass is 32.1. The van der Waals surface area contributed by atoms with E-state index in [9.17, 15) is 0 Å². The number of rotatable bonds is 1. The molecular weight excluding hydrogens is 118 g/mol. The van der Waals surface area contributed by atoms with Gasteiger partial charge in [0.1, 0.15) is 5.88 Å². The largest absolute Gasteiger partial charge is 0.318 e. The van der Waals surface area contributed by atoms with Crippen LogP contribution in [-0.2, 0) is 0 Å². The Bertz CT molecular complexity index is 76.6. The van der Waals surface area contributed by atoms with E-state index in [0.717, 1.165) is 5.88 Å². The molecule has 8 heavy (non-hydrogen) atoms. The van der Waals surface area contributed by atoms with Crippen molar-refractivity contribution in [2.45, 2.75) is 12.8 Å². The molecule has 2 heteroatoms. The van der Waals surface area contributed by atoms with E-state index in [0.29, 0.717) is 0 Å². The minimum absolute atomic E-state index is 1.01. The van der Waals surface area contributed by atoms with Crippen molar-refractivity contribution in [1.29, 1.82) is 0 Å². The summed E-state index contributed by atoms with van der Waals surface area (Å²) in [7, 11) is 2.28. The summed E-state index contributed by atoms with van der Waals surface area (Å²) in [5.74, 6) is 1.01. The third-order valence-corrected chi connectivity index (χ3v) is 2.67. The standard InChI is InChI=1S/C6H13NS/c1-7(6-8)4-2-3-5-7/h2-6H2,1H3/p+1. The van der Waals surface area contributed by atoms with Crippen molar-refractivity contribution in [3.8, 4) is 0 Å². The number of thiol groups is 1. The van der Waals surface area contributed by atoms with Crippen LogP contribution < -0.4 is 0 Å². The molecule has 0 saturated carbocycles. The van der Waals surface area contributed by atoms with E-state index in [-0.39, 0.29) is 0 Å². The SMILES string of the molecule is C[N+]1(CS)CCCC1. The maximum atomic E-state index is 4.27. The molecule has 1 rings (SSSR count). The zero-order valence-electron chi connectivity index (χ0n) is 5.43. The highest BCUT2D eigenvalue weighted by molar-refractivity contribution is 7.80. The molecule has 0 aromatic heterocycles. The number of nitrogens with zero attached hydrogens (tertiary/aromatic N) is 1. The van der Waals surface area contributed by atoms with Crippen LogP contribution in [0.3, 0.4) is 0 Å². The van der Waals surface area contributed by atoms with Gasteiger partial charge in [0.05, 0.1) is 20.1 Å². The normalized spacial score (nSPS) is 26.2. The summed E-state index contributed by atoms with van der Waals surface area (Å²) < 4.78 is 1.18. The van der Waals surface area contributed by atoms with Crippen LogP contribution >= 0.6 is 12.6 Å². The van der Waals surface area contributed by atoms with Crippen molar-refractivity contribution in [2.75, 3.05) is 26.0 Å². The highest BCUT2D eigenvalue weighted by Gasteiger charge is 2.24. The molecule has 1 nitrogen and oxygen atoms in total. The predicted octanol–water partition coefficient (Wildman–Crippen LogP) is 1.11. The third-order valence-electron chi connectivity index (χ3n) is 1.99. The summed E-state index contributed by atoms with van der Waals surface area (Å²) in [5, 5.41) is 0. The Kier molecular flexibility index (Phi) is 1.83. The summed E-state index contributed by atoms with van der Waals surface area (Å²) >= 11 is 4.27. The highest BCUT2D eigenvalue weighted by Crippen LogP contribution is 2.15. The lowest BCUT2D eigenvalue weighted by molar-refractivity contribution is -0.884. The second-order valence-corrected chi connectivity index (χ2v) is 3.20. The smallest absolute Gasteiger partial charge is 0.122 e. The van der Waals surface area contributed by atoms with E-state index < -0.39 is 0 Å². The average molecular weight is 132 g/mol. The number of quaternary nitrogens is 1. The quantitative estimate of drug-likeness (QED) is 0.401. The molecule has 0 atom stereocenters. The lowest BCUT2D eigenvalue weighted by Gasteiger charge is -2.26. The number of hydrogen-bond donors (Lipinski definition) is 1. The Labute approximate surface area is 56.7 Å². The van der Waals surface area contributed by atoms with Crippen LogP contribution in [-0.4, -0.2) is 30.5 Å². The molecule has 0 N–H and O–H groups in total. The van der Waals surface area contributed by atoms with E-state index in [1.807, 2.05) is 0 Å². The second kappa shape index (κ2) is 2.28. The van der Waals surface area contributed by atoms with E-state index in [4.69, 9.17) is 0 Å². The van der Waals surface area contributed by atoms with Gasteiger partial charge in [0.25, 0.3) is 0 Å². The molecule has 1 aliphatic heterocycles. The van der Waals surface area contributed by atoms with Crippen LogP contribution in [0.2, 0.25) is 0 Å². The molecule has 0 amide bonds. The molecule has 1 aliphatic rings. The fraction of sp³-hybridized carbons (Fsp3) is 1.00. The van der Waals surface area contributed by atoms with Crippen molar-refractivity contribution in [1.82, 2.24) is 0 Å². The first-order valence-electron chi connectivity index (χ1n) is 3.21. The molecule has 0 aromatic rings. The van der Waals surface area contributed by atoms with Crippen LogP contribution in [0.25, 0.3) is 0 Å². The van der Waals surface area contributed by atoms with Gasteiger partial charge < -0.3 is 4.48 Å². The minimum atomic E-state index is 1.01. The maximum absolute atomic E-state index is 4.27. The number of likely N-dealkylation sites (tertiary alicyclic amines) is 1. The summed E-state index contributed by atoms with van der Waals surface area (Å²) in [4.78, 5) is 0. The Hall–Kier alpha value is 0.310. The van der Waals surface area contributed by atoms with Crippen LogP contribution in [0.4, 0.5) is 0 Å². The van der Waals surface area contributed by atoms with Crippen LogP contribution in [0.1, 0.15) is 12.8 Å². The van der Waals surface area contributed by atoms with Gasteiger partial charge in [0.2, 0.25) is 0 Å². The summed E-state index contributed by atoms with van der Waals surface area (Å²) in [6, 6.07) is 0. The summed E-state index contributed by atoms with van der Waals surface area (Å²) in [6.45, 7) is 2.67. The molecule has 0 bridgehead atoms. The van der Waals surface area contributed by atoms with Gasteiger partial charge in [0.15, 0.2) is 0 Å². The van der Waals surface area contributed by atoms with Crippen molar-refractivity contribution >= 4 is 12.6 Å². The van der Waals surface area contributed by atoms with Crippen molar-refractivity contribution in [3.05, 3.63) is 0 Å². The first-order chi connectivity index (χ1) is 3.77. The molecule has 1 fully saturated rings. The van der Waals surface area contributed by atoms with Crippen molar-refractivity contribution in [2.24, 2.45) is 0 Å². The molecule has 1 heterocycles. The van der Waals surface area contributed by atoms with Gasteiger partial charge in [-0.3, -0.25) is 0 Å². The first-order valence-corrected chi connectivity index (χ1v) is 3.84. The molecule has 0 aliphatic carbocycles. The lowest BCUT2D eigenvalue weighted by Crippen LogP contribution is -2.39. The predicted molar refractivity (Wildman–Crippen MR) is 39.0 cm³/mol. The first kappa shape index (κ1) is 6.43. The Morgan fingerprint density at radius 3 is 2.12 bits per heavy atom. The molecule has 0 aromatic carbocycles. The Balaban J connectivity index is 2.40. The molecular formula is C6H14NS+. The van der Waals surface area contributed by atoms with Gasteiger partial charge in [0, 0.05) is 12.8 Å². The Morgan fingerprint density at radius 2 is 1.88 bits per heavy atom. The fourth-order valence-electron chi connectivity index (χ4n) is 1.24. The molecule has 48 valence electrons. The van der Waals surface area contributed by atoms with Gasteiger partial charge in [-0.15, -0.1) is 12.6 Å². The van der Waals surface area contributed by atoms with Crippen molar-refractivity contribution in [3.63, 3.8) is 0 Å². The van der Waals surface area contributed by atoms with Gasteiger partial charge in [-0.2, -0.15) is 0 Å². The summed E-state index contributed by atoms with van der Waals surface area (Å²) in [6.07, 6.45) is 2.80. The lowest BCUT2D eigenvalue weighted by atomic mass is 10.4. The van der Waals surface area contributed by atoms with E-state index in [2.05, 4.69) is 19.7 Å². The van der Waals surface area contributed by atoms with E-state index in [1.165, 1.54) is 30.4 Å². The third kappa shape index (κ3) is 1.17. The zero-order chi connectivity index (χ0) is 6.04. The minimum Gasteiger partial charge on any atom is -0.318 e. The van der Waals surface area contributed by atoms with Gasteiger partial charge in [-0.1, -0.05) is 0 Å². The molecule has 1 saturated heterocycles. The van der Waals surface area contributed by atoms with Crippen molar-refractivity contribution < 1.29 is 4.48 Å². The molecule has 0 unspecified atom stereocenters. The summed E-state index contributed by atoms with van der Waals surface area (Å²) in [5.41, 5.74) is 0. The van der Waals surface area contributed by atoms with Crippen LogP contribution in [0.5, 0.6) is 0 Å². The number of hydrogen-bond acceptors (Lipinski definition) is 1. The molecule has 0 radical (unpaired) electrons. The topological polar surface area (TPSA) is 0 Å². The molecule has 0 spiro atoms. The Morgan fingerprint density at radius 1 is 1.38 bits per heavy atom. The van der Waals surface area contributed by atoms with Crippen LogP contribution in [0.15, 0.2) is 0 Å². The fourth-order valence-corrected chi connectivity index (χ4v) is 1.52.